The summed E-state index contributed by atoms with van der Waals surface area (Å²) in [6, 6.07) is 16.3. The SMILES string of the molecule is COc1cccc(C2/C(=C(\O)c3ccccc3OC)C(=O)C(=O)N2c2cccc(OC(F)(F)F)c2)c1. The first kappa shape index (κ1) is 24.6. The van der Waals surface area contributed by atoms with Crippen molar-refractivity contribution in [1.82, 2.24) is 0 Å². The molecule has 0 saturated carbocycles. The molecule has 3 aromatic carbocycles. The van der Waals surface area contributed by atoms with Crippen LogP contribution in [0.1, 0.15) is 17.2 Å². The number of halogens is 3. The standard InChI is InChI=1S/C26H20F3NO6/c1-34-17-9-5-7-15(13-17)22-21(23(31)19-11-3-4-12-20(19)35-2)24(32)25(33)30(22)16-8-6-10-18(14-16)36-26(27,28)29/h3-14,22,31H,1-2H3/b23-21+. The van der Waals surface area contributed by atoms with Gasteiger partial charge in [-0.2, -0.15) is 0 Å². The van der Waals surface area contributed by atoms with E-state index in [1.807, 2.05) is 0 Å². The Kier molecular flexibility index (Phi) is 6.61. The summed E-state index contributed by atoms with van der Waals surface area (Å²) in [5, 5.41) is 11.2. The number of ether oxygens (including phenoxy) is 3. The molecule has 10 heteroatoms. The number of hydrogen-bond acceptors (Lipinski definition) is 6. The molecule has 1 heterocycles. The van der Waals surface area contributed by atoms with Gasteiger partial charge in [0.15, 0.2) is 0 Å². The minimum Gasteiger partial charge on any atom is -0.507 e. The van der Waals surface area contributed by atoms with Crippen LogP contribution in [0.4, 0.5) is 18.9 Å². The summed E-state index contributed by atoms with van der Waals surface area (Å²) in [6.45, 7) is 0. The predicted octanol–water partition coefficient (Wildman–Crippen LogP) is 5.23. The molecule has 1 N–H and O–H groups in total. The highest BCUT2D eigenvalue weighted by Crippen LogP contribution is 2.44. The molecule has 0 radical (unpaired) electrons. The van der Waals surface area contributed by atoms with Crippen molar-refractivity contribution in [3.63, 3.8) is 0 Å². The lowest BCUT2D eigenvalue weighted by Crippen LogP contribution is -2.29. The highest BCUT2D eigenvalue weighted by Gasteiger charge is 2.47. The number of aliphatic hydroxyl groups excluding tert-OH is 1. The molecule has 7 nitrogen and oxygen atoms in total. The molecule has 1 aliphatic heterocycles. The number of alkyl halides is 3. The average Bonchev–Trinajstić information content (AvgIpc) is 3.13. The van der Waals surface area contributed by atoms with Gasteiger partial charge in [-0.1, -0.05) is 30.3 Å². The van der Waals surface area contributed by atoms with Gasteiger partial charge in [-0.05, 0) is 42.0 Å². The first-order valence-electron chi connectivity index (χ1n) is 10.6. The summed E-state index contributed by atoms with van der Waals surface area (Å²) in [6.07, 6.45) is -4.96. The number of methoxy groups -OCH3 is 2. The molecule has 4 rings (SSSR count). The monoisotopic (exact) mass is 499 g/mol. The van der Waals surface area contributed by atoms with Gasteiger partial charge in [-0.25, -0.2) is 0 Å². The summed E-state index contributed by atoms with van der Waals surface area (Å²) in [7, 11) is 2.82. The van der Waals surface area contributed by atoms with E-state index >= 15 is 0 Å². The van der Waals surface area contributed by atoms with E-state index in [1.165, 1.54) is 32.4 Å². The molecule has 1 fully saturated rings. The number of para-hydroxylation sites is 1. The number of rotatable bonds is 6. The number of nitrogens with zero attached hydrogens (tertiary/aromatic N) is 1. The van der Waals surface area contributed by atoms with Crippen LogP contribution in [0.5, 0.6) is 17.2 Å². The van der Waals surface area contributed by atoms with Gasteiger partial charge in [-0.15, -0.1) is 13.2 Å². The van der Waals surface area contributed by atoms with Gasteiger partial charge < -0.3 is 19.3 Å². The Bertz CT molecular complexity index is 1350. The van der Waals surface area contributed by atoms with Crippen molar-refractivity contribution in [2.75, 3.05) is 19.1 Å². The third kappa shape index (κ3) is 4.70. The Labute approximate surface area is 203 Å². The predicted molar refractivity (Wildman–Crippen MR) is 124 cm³/mol. The Morgan fingerprint density at radius 3 is 2.28 bits per heavy atom. The normalized spacial score (nSPS) is 17.2. The zero-order valence-electron chi connectivity index (χ0n) is 19.1. The van der Waals surface area contributed by atoms with E-state index in [9.17, 15) is 27.9 Å². The fraction of sp³-hybridized carbons (Fsp3) is 0.154. The maximum absolute atomic E-state index is 13.3. The minimum atomic E-state index is -4.96. The molecule has 1 atom stereocenters. The summed E-state index contributed by atoms with van der Waals surface area (Å²) < 4.78 is 53.0. The molecule has 3 aromatic rings. The number of amides is 1. The van der Waals surface area contributed by atoms with Crippen LogP contribution in [0.15, 0.2) is 78.4 Å². The van der Waals surface area contributed by atoms with E-state index in [4.69, 9.17) is 9.47 Å². The number of aliphatic hydroxyl groups is 1. The van der Waals surface area contributed by atoms with Gasteiger partial charge in [0, 0.05) is 11.8 Å². The Morgan fingerprint density at radius 1 is 0.889 bits per heavy atom. The molecule has 0 bridgehead atoms. The lowest BCUT2D eigenvalue weighted by molar-refractivity contribution is -0.274. The van der Waals surface area contributed by atoms with Crippen molar-refractivity contribution in [2.45, 2.75) is 12.4 Å². The second-order valence-electron chi connectivity index (χ2n) is 7.69. The minimum absolute atomic E-state index is 0.0363. The van der Waals surface area contributed by atoms with Crippen LogP contribution in [-0.4, -0.2) is 37.4 Å². The third-order valence-corrected chi connectivity index (χ3v) is 5.55. The fourth-order valence-corrected chi connectivity index (χ4v) is 4.04. The number of carbonyl (C=O) groups excluding carboxylic acids is 2. The number of Topliss-reactive ketones (excluding diaryl/α,β-unsaturated/α-hetero) is 1. The summed E-state index contributed by atoms with van der Waals surface area (Å²) in [5.74, 6) is -2.47. The van der Waals surface area contributed by atoms with Gasteiger partial charge in [0.25, 0.3) is 11.7 Å². The van der Waals surface area contributed by atoms with Crippen molar-refractivity contribution < 1.29 is 42.1 Å². The summed E-state index contributed by atoms with van der Waals surface area (Å²) in [5.41, 5.74) is 0.248. The Morgan fingerprint density at radius 2 is 1.58 bits per heavy atom. The van der Waals surface area contributed by atoms with Gasteiger partial charge in [0.05, 0.1) is 31.4 Å². The molecule has 36 heavy (non-hydrogen) atoms. The van der Waals surface area contributed by atoms with Crippen molar-refractivity contribution in [3.8, 4) is 17.2 Å². The molecule has 0 aromatic heterocycles. The van der Waals surface area contributed by atoms with Crippen molar-refractivity contribution in [3.05, 3.63) is 89.5 Å². The van der Waals surface area contributed by atoms with Gasteiger partial charge >= 0.3 is 6.36 Å². The van der Waals surface area contributed by atoms with Crippen LogP contribution in [0.2, 0.25) is 0 Å². The summed E-state index contributed by atoms with van der Waals surface area (Å²) >= 11 is 0. The maximum Gasteiger partial charge on any atom is 0.573 e. The van der Waals surface area contributed by atoms with Crippen LogP contribution in [0.3, 0.4) is 0 Å². The van der Waals surface area contributed by atoms with Crippen molar-refractivity contribution >= 4 is 23.1 Å². The quantitative estimate of drug-likeness (QED) is 0.284. The maximum atomic E-state index is 13.3. The molecule has 0 spiro atoms. The lowest BCUT2D eigenvalue weighted by atomic mass is 9.94. The molecular formula is C26H20F3NO6. The zero-order chi connectivity index (χ0) is 26.0. The molecule has 1 aliphatic rings. The van der Waals surface area contributed by atoms with E-state index in [1.54, 1.807) is 42.5 Å². The lowest BCUT2D eigenvalue weighted by Gasteiger charge is -2.26. The highest BCUT2D eigenvalue weighted by atomic mass is 19.4. The fourth-order valence-electron chi connectivity index (χ4n) is 4.04. The second-order valence-corrected chi connectivity index (χ2v) is 7.69. The van der Waals surface area contributed by atoms with Crippen molar-refractivity contribution in [1.29, 1.82) is 0 Å². The van der Waals surface area contributed by atoms with E-state index in [-0.39, 0.29) is 22.6 Å². The van der Waals surface area contributed by atoms with Gasteiger partial charge in [0.1, 0.15) is 23.0 Å². The van der Waals surface area contributed by atoms with Crippen LogP contribution < -0.4 is 19.1 Å². The first-order valence-corrected chi connectivity index (χ1v) is 10.6. The van der Waals surface area contributed by atoms with E-state index in [0.717, 1.165) is 17.0 Å². The van der Waals surface area contributed by atoms with E-state index < -0.39 is 35.6 Å². The van der Waals surface area contributed by atoms with E-state index in [0.29, 0.717) is 11.3 Å². The zero-order valence-corrected chi connectivity index (χ0v) is 19.1. The van der Waals surface area contributed by atoms with Gasteiger partial charge in [-0.3, -0.25) is 14.5 Å². The topological polar surface area (TPSA) is 85.3 Å². The Balaban J connectivity index is 1.94. The smallest absolute Gasteiger partial charge is 0.507 e. The van der Waals surface area contributed by atoms with Crippen molar-refractivity contribution in [2.24, 2.45) is 0 Å². The molecule has 1 amide bonds. The van der Waals surface area contributed by atoms with E-state index in [2.05, 4.69) is 4.74 Å². The van der Waals surface area contributed by atoms with Crippen LogP contribution in [0.25, 0.3) is 5.76 Å². The third-order valence-electron chi connectivity index (χ3n) is 5.55. The number of benzene rings is 3. The molecule has 1 unspecified atom stereocenters. The van der Waals surface area contributed by atoms with Crippen LogP contribution >= 0.6 is 0 Å². The summed E-state index contributed by atoms with van der Waals surface area (Å²) in [4.78, 5) is 27.5. The molecular weight excluding hydrogens is 479 g/mol. The average molecular weight is 499 g/mol. The van der Waals surface area contributed by atoms with Gasteiger partial charge in [0.2, 0.25) is 0 Å². The molecule has 0 aliphatic carbocycles. The molecule has 1 saturated heterocycles. The largest absolute Gasteiger partial charge is 0.573 e. The van der Waals surface area contributed by atoms with Crippen LogP contribution in [-0.2, 0) is 9.59 Å². The number of ketones is 1. The highest BCUT2D eigenvalue weighted by molar-refractivity contribution is 6.51. The number of anilines is 1. The van der Waals surface area contributed by atoms with Crippen LogP contribution in [0, 0.1) is 0 Å². The second kappa shape index (κ2) is 9.65. The Hall–Kier alpha value is -4.47. The molecule has 186 valence electrons. The number of hydrogen-bond donors (Lipinski definition) is 1. The first-order chi connectivity index (χ1) is 17.1. The number of carbonyl (C=O) groups is 2.